The molecule has 0 N–H and O–H groups in total. The maximum Gasteiger partial charge on any atom is 0.418 e. The molecule has 0 aliphatic carbocycles. The SMILES string of the molecule is O=c1n(-c2cccc(C3(Cc4nnc5n4CCC5)COC3)c2)cc2c(C(F)(F)F)cccn12. The third-order valence-electron chi connectivity index (χ3n) is 6.68. The molecular formula is C23H20F3N5O2. The summed E-state index contributed by atoms with van der Waals surface area (Å²) in [4.78, 5) is 12.9. The lowest BCUT2D eigenvalue weighted by atomic mass is 9.75. The van der Waals surface area contributed by atoms with Crippen molar-refractivity contribution in [1.29, 1.82) is 0 Å². The van der Waals surface area contributed by atoms with E-state index < -0.39 is 17.4 Å². The fraction of sp³-hybridized carbons (Fsp3) is 0.348. The Labute approximate surface area is 186 Å². The second-order valence-electron chi connectivity index (χ2n) is 8.74. The fourth-order valence-electron chi connectivity index (χ4n) is 4.89. The third kappa shape index (κ3) is 3.12. The van der Waals surface area contributed by atoms with Gasteiger partial charge in [0.1, 0.15) is 11.6 Å². The highest BCUT2D eigenvalue weighted by Crippen LogP contribution is 2.37. The van der Waals surface area contributed by atoms with Gasteiger partial charge in [0.25, 0.3) is 0 Å². The van der Waals surface area contributed by atoms with Gasteiger partial charge in [-0.3, -0.25) is 8.97 Å². The predicted molar refractivity (Wildman–Crippen MR) is 113 cm³/mol. The molecule has 2 aliphatic heterocycles. The molecule has 33 heavy (non-hydrogen) atoms. The van der Waals surface area contributed by atoms with Crippen molar-refractivity contribution in [2.45, 2.75) is 37.4 Å². The summed E-state index contributed by atoms with van der Waals surface area (Å²) in [7, 11) is 0. The molecule has 0 bridgehead atoms. The van der Waals surface area contributed by atoms with Crippen molar-refractivity contribution in [1.82, 2.24) is 23.7 Å². The summed E-state index contributed by atoms with van der Waals surface area (Å²) in [6.07, 6.45) is 0.673. The van der Waals surface area contributed by atoms with Crippen LogP contribution in [0.25, 0.3) is 11.2 Å². The van der Waals surface area contributed by atoms with Gasteiger partial charge >= 0.3 is 11.9 Å². The number of nitrogens with zero attached hydrogens (tertiary/aromatic N) is 5. The minimum Gasteiger partial charge on any atom is -0.379 e. The number of rotatable bonds is 4. The number of aryl methyl sites for hydroxylation is 1. The van der Waals surface area contributed by atoms with E-state index in [0.29, 0.717) is 25.3 Å². The summed E-state index contributed by atoms with van der Waals surface area (Å²) in [6.45, 7) is 1.91. The lowest BCUT2D eigenvalue weighted by Crippen LogP contribution is -2.49. The number of ether oxygens (including phenoxy) is 1. The fourth-order valence-corrected chi connectivity index (χ4v) is 4.89. The Balaban J connectivity index is 1.42. The average Bonchev–Trinajstić information content (AvgIpc) is 3.46. The Hall–Kier alpha value is -3.40. The van der Waals surface area contributed by atoms with Gasteiger partial charge in [-0.05, 0) is 36.2 Å². The van der Waals surface area contributed by atoms with Gasteiger partial charge in [0.15, 0.2) is 0 Å². The predicted octanol–water partition coefficient (Wildman–Crippen LogP) is 3.16. The van der Waals surface area contributed by atoms with Gasteiger partial charge in [-0.1, -0.05) is 12.1 Å². The topological polar surface area (TPSA) is 66.3 Å². The third-order valence-corrected chi connectivity index (χ3v) is 6.68. The normalized spacial score (nSPS) is 17.3. The first-order chi connectivity index (χ1) is 15.9. The number of halogens is 3. The van der Waals surface area contributed by atoms with Gasteiger partial charge in [-0.25, -0.2) is 4.79 Å². The quantitative estimate of drug-likeness (QED) is 0.474. The number of hydrogen-bond donors (Lipinski definition) is 0. The molecule has 5 heterocycles. The van der Waals surface area contributed by atoms with E-state index in [4.69, 9.17) is 4.74 Å². The molecule has 0 amide bonds. The lowest BCUT2D eigenvalue weighted by molar-refractivity contribution is -0.136. The van der Waals surface area contributed by atoms with Crippen LogP contribution in [0.15, 0.2) is 53.6 Å². The molecule has 7 nitrogen and oxygen atoms in total. The van der Waals surface area contributed by atoms with Crippen LogP contribution >= 0.6 is 0 Å². The molecular weight excluding hydrogens is 435 g/mol. The highest BCUT2D eigenvalue weighted by Gasteiger charge is 2.42. The summed E-state index contributed by atoms with van der Waals surface area (Å²) in [5.41, 5.74) is -0.431. The Morgan fingerprint density at radius 2 is 1.97 bits per heavy atom. The second kappa shape index (κ2) is 7.05. The molecule has 0 spiro atoms. The zero-order valence-electron chi connectivity index (χ0n) is 17.5. The smallest absolute Gasteiger partial charge is 0.379 e. The van der Waals surface area contributed by atoms with Gasteiger partial charge < -0.3 is 9.30 Å². The monoisotopic (exact) mass is 455 g/mol. The van der Waals surface area contributed by atoms with Crippen LogP contribution in [0, 0.1) is 0 Å². The van der Waals surface area contributed by atoms with Gasteiger partial charge in [0.2, 0.25) is 0 Å². The van der Waals surface area contributed by atoms with Crippen LogP contribution in [-0.4, -0.2) is 36.9 Å². The van der Waals surface area contributed by atoms with Crippen molar-refractivity contribution in [3.05, 3.63) is 82.1 Å². The summed E-state index contributed by atoms with van der Waals surface area (Å²) in [6, 6.07) is 9.58. The van der Waals surface area contributed by atoms with Crippen molar-refractivity contribution in [3.8, 4) is 5.69 Å². The van der Waals surface area contributed by atoms with Crippen LogP contribution in [0.3, 0.4) is 0 Å². The standard InChI is InChI=1S/C23H20F3N5O2/c24-23(25,26)17-6-2-8-29-18(17)12-31(21(29)32)16-5-1-4-15(10-16)22(13-33-14-22)11-20-28-27-19-7-3-9-30(19)20/h1-2,4-6,8,10,12H,3,7,9,11,13-14H2. The number of aromatic nitrogens is 5. The maximum atomic E-state index is 13.5. The van der Waals surface area contributed by atoms with Crippen LogP contribution in [-0.2, 0) is 35.7 Å². The summed E-state index contributed by atoms with van der Waals surface area (Å²) < 4.78 is 50.4. The maximum absolute atomic E-state index is 13.5. The van der Waals surface area contributed by atoms with Gasteiger partial charge in [0.05, 0.1) is 30.0 Å². The molecule has 0 saturated carbocycles. The molecule has 0 atom stereocenters. The van der Waals surface area contributed by atoms with Crippen LogP contribution in [0.4, 0.5) is 13.2 Å². The van der Waals surface area contributed by atoms with Gasteiger partial charge in [-0.15, -0.1) is 10.2 Å². The minimum absolute atomic E-state index is 0.180. The number of pyridine rings is 1. The summed E-state index contributed by atoms with van der Waals surface area (Å²) in [5.74, 6) is 1.92. The molecule has 2 aliphatic rings. The van der Waals surface area contributed by atoms with Crippen LogP contribution < -0.4 is 5.69 Å². The van der Waals surface area contributed by atoms with Crippen LogP contribution in [0.1, 0.15) is 29.2 Å². The van der Waals surface area contributed by atoms with E-state index in [2.05, 4.69) is 14.8 Å². The van der Waals surface area contributed by atoms with E-state index in [0.717, 1.165) is 47.1 Å². The van der Waals surface area contributed by atoms with E-state index in [1.807, 2.05) is 18.2 Å². The first-order valence-corrected chi connectivity index (χ1v) is 10.8. The summed E-state index contributed by atoms with van der Waals surface area (Å²) >= 11 is 0. The van der Waals surface area contributed by atoms with Crippen molar-refractivity contribution in [2.75, 3.05) is 13.2 Å². The van der Waals surface area contributed by atoms with Crippen molar-refractivity contribution in [2.24, 2.45) is 0 Å². The molecule has 10 heteroatoms. The molecule has 1 fully saturated rings. The molecule has 4 aromatic rings. The van der Waals surface area contributed by atoms with E-state index >= 15 is 0 Å². The molecule has 170 valence electrons. The van der Waals surface area contributed by atoms with Crippen LogP contribution in [0.5, 0.6) is 0 Å². The number of hydrogen-bond acceptors (Lipinski definition) is 4. The first kappa shape index (κ1) is 20.2. The summed E-state index contributed by atoms with van der Waals surface area (Å²) in [5, 5.41) is 8.67. The second-order valence-corrected chi connectivity index (χ2v) is 8.74. The Morgan fingerprint density at radius 3 is 2.73 bits per heavy atom. The zero-order chi connectivity index (χ0) is 22.8. The number of imidazole rings is 1. The van der Waals surface area contributed by atoms with Crippen molar-refractivity contribution < 1.29 is 17.9 Å². The first-order valence-electron chi connectivity index (χ1n) is 10.8. The van der Waals surface area contributed by atoms with E-state index in [1.165, 1.54) is 23.0 Å². The highest BCUT2D eigenvalue weighted by molar-refractivity contribution is 5.57. The lowest BCUT2D eigenvalue weighted by Gasteiger charge is -2.42. The van der Waals surface area contributed by atoms with Crippen LogP contribution in [0.2, 0.25) is 0 Å². The molecule has 1 aromatic carbocycles. The molecule has 3 aromatic heterocycles. The van der Waals surface area contributed by atoms with E-state index in [-0.39, 0.29) is 10.9 Å². The number of fused-ring (bicyclic) bond motifs is 2. The Bertz CT molecular complexity index is 1430. The van der Waals surface area contributed by atoms with Crippen molar-refractivity contribution in [3.63, 3.8) is 0 Å². The molecule has 6 rings (SSSR count). The molecule has 1 saturated heterocycles. The zero-order valence-corrected chi connectivity index (χ0v) is 17.5. The number of alkyl halides is 3. The Kier molecular flexibility index (Phi) is 4.32. The van der Waals surface area contributed by atoms with Crippen molar-refractivity contribution >= 4 is 5.52 Å². The van der Waals surface area contributed by atoms with Gasteiger partial charge in [0, 0.05) is 37.2 Å². The highest BCUT2D eigenvalue weighted by atomic mass is 19.4. The number of benzene rings is 1. The van der Waals surface area contributed by atoms with Gasteiger partial charge in [-0.2, -0.15) is 13.2 Å². The molecule has 0 unspecified atom stereocenters. The Morgan fingerprint density at radius 1 is 1.12 bits per heavy atom. The minimum atomic E-state index is -4.56. The van der Waals surface area contributed by atoms with E-state index in [1.54, 1.807) is 6.07 Å². The van der Waals surface area contributed by atoms with E-state index in [9.17, 15) is 18.0 Å². The largest absolute Gasteiger partial charge is 0.418 e. The average molecular weight is 455 g/mol. The molecule has 0 radical (unpaired) electrons.